The fourth-order valence-corrected chi connectivity index (χ4v) is 4.00. The summed E-state index contributed by atoms with van der Waals surface area (Å²) in [5, 5.41) is 11.0. The quantitative estimate of drug-likeness (QED) is 0.571. The highest BCUT2D eigenvalue weighted by Crippen LogP contribution is 2.22. The molecule has 7 nitrogen and oxygen atoms in total. The van der Waals surface area contributed by atoms with Crippen LogP contribution in [0.3, 0.4) is 0 Å². The highest BCUT2D eigenvalue weighted by molar-refractivity contribution is 7.09. The van der Waals surface area contributed by atoms with Crippen LogP contribution in [0.4, 0.5) is 5.69 Å². The van der Waals surface area contributed by atoms with Gasteiger partial charge in [-0.25, -0.2) is 4.98 Å². The number of fused-ring (bicyclic) bond motifs is 1. The van der Waals surface area contributed by atoms with Gasteiger partial charge in [-0.3, -0.25) is 14.4 Å². The SMILES string of the molecule is O=C(C[C@@H]1NC(=O)c2ccccc2NC1=O)NCCc1nc(-c2ccccc2)cs1. The average molecular weight is 420 g/mol. The molecule has 0 unspecified atom stereocenters. The van der Waals surface area contributed by atoms with E-state index in [0.717, 1.165) is 16.3 Å². The molecule has 0 saturated heterocycles. The molecule has 0 bridgehead atoms. The second-order valence-electron chi connectivity index (χ2n) is 6.86. The van der Waals surface area contributed by atoms with Gasteiger partial charge in [0, 0.05) is 23.9 Å². The Labute approximate surface area is 177 Å². The summed E-state index contributed by atoms with van der Waals surface area (Å²) in [6.07, 6.45) is 0.469. The molecule has 1 atom stereocenters. The van der Waals surface area contributed by atoms with Crippen LogP contribution in [-0.2, 0) is 16.0 Å². The fourth-order valence-electron chi connectivity index (χ4n) is 3.19. The first-order valence-electron chi connectivity index (χ1n) is 9.57. The van der Waals surface area contributed by atoms with E-state index in [2.05, 4.69) is 20.9 Å². The molecule has 2 heterocycles. The average Bonchev–Trinajstić information content (AvgIpc) is 3.19. The van der Waals surface area contributed by atoms with Crippen molar-refractivity contribution >= 4 is 34.7 Å². The lowest BCUT2D eigenvalue weighted by Gasteiger charge is -2.14. The standard InChI is InChI=1S/C22H20N4O3S/c27-19(12-17-22(29)25-16-9-5-4-8-15(16)21(28)26-17)23-11-10-20-24-18(13-30-20)14-6-2-1-3-7-14/h1-9,13,17H,10-12H2,(H,23,27)(H,25,29)(H,26,28)/t17-/m0/s1. The van der Waals surface area contributed by atoms with Crippen LogP contribution in [0.1, 0.15) is 21.8 Å². The van der Waals surface area contributed by atoms with Gasteiger partial charge in [-0.1, -0.05) is 42.5 Å². The summed E-state index contributed by atoms with van der Waals surface area (Å²) in [5.74, 6) is -1.09. The summed E-state index contributed by atoms with van der Waals surface area (Å²) in [4.78, 5) is 41.6. The Morgan fingerprint density at radius 1 is 1.07 bits per heavy atom. The summed E-state index contributed by atoms with van der Waals surface area (Å²) >= 11 is 1.54. The normalized spacial score (nSPS) is 15.5. The van der Waals surface area contributed by atoms with E-state index in [4.69, 9.17) is 0 Å². The zero-order valence-corrected chi connectivity index (χ0v) is 16.9. The number of amides is 3. The van der Waals surface area contributed by atoms with Gasteiger partial charge in [-0.05, 0) is 12.1 Å². The van der Waals surface area contributed by atoms with Crippen molar-refractivity contribution in [2.75, 3.05) is 11.9 Å². The number of aromatic nitrogens is 1. The minimum Gasteiger partial charge on any atom is -0.356 e. The van der Waals surface area contributed by atoms with Crippen LogP contribution in [0.15, 0.2) is 60.0 Å². The highest BCUT2D eigenvalue weighted by Gasteiger charge is 2.29. The molecule has 1 aliphatic rings. The first-order chi connectivity index (χ1) is 14.6. The predicted molar refractivity (Wildman–Crippen MR) is 115 cm³/mol. The van der Waals surface area contributed by atoms with Gasteiger partial charge in [0.05, 0.1) is 28.4 Å². The molecule has 0 spiro atoms. The molecule has 30 heavy (non-hydrogen) atoms. The van der Waals surface area contributed by atoms with E-state index in [1.54, 1.807) is 35.6 Å². The van der Waals surface area contributed by atoms with Crippen molar-refractivity contribution in [1.82, 2.24) is 15.6 Å². The Bertz CT molecular complexity index is 1080. The third-order valence-electron chi connectivity index (χ3n) is 4.72. The second kappa shape index (κ2) is 8.87. The third kappa shape index (κ3) is 4.55. The number of thiazole rings is 1. The number of nitrogens with one attached hydrogen (secondary N) is 3. The van der Waals surface area contributed by atoms with Crippen molar-refractivity contribution in [3.05, 3.63) is 70.5 Å². The van der Waals surface area contributed by atoms with Gasteiger partial charge in [0.15, 0.2) is 0 Å². The first-order valence-corrected chi connectivity index (χ1v) is 10.5. The van der Waals surface area contributed by atoms with Crippen molar-refractivity contribution in [3.63, 3.8) is 0 Å². The number of carbonyl (C=O) groups excluding carboxylic acids is 3. The van der Waals surface area contributed by atoms with Crippen molar-refractivity contribution in [2.45, 2.75) is 18.9 Å². The highest BCUT2D eigenvalue weighted by atomic mass is 32.1. The molecule has 3 amide bonds. The van der Waals surface area contributed by atoms with Crippen molar-refractivity contribution in [2.24, 2.45) is 0 Å². The molecule has 4 rings (SSSR count). The number of rotatable bonds is 6. The lowest BCUT2D eigenvalue weighted by Crippen LogP contribution is -2.44. The number of benzene rings is 2. The molecule has 152 valence electrons. The van der Waals surface area contributed by atoms with Gasteiger partial charge >= 0.3 is 0 Å². The van der Waals surface area contributed by atoms with Crippen molar-refractivity contribution in [3.8, 4) is 11.3 Å². The van der Waals surface area contributed by atoms with Gasteiger partial charge in [-0.2, -0.15) is 0 Å². The van der Waals surface area contributed by atoms with E-state index in [1.807, 2.05) is 35.7 Å². The lowest BCUT2D eigenvalue weighted by molar-refractivity contribution is -0.125. The monoisotopic (exact) mass is 420 g/mol. The summed E-state index contributed by atoms with van der Waals surface area (Å²) in [7, 11) is 0. The molecule has 0 radical (unpaired) electrons. The first kappa shape index (κ1) is 19.8. The smallest absolute Gasteiger partial charge is 0.254 e. The zero-order chi connectivity index (χ0) is 20.9. The van der Waals surface area contributed by atoms with E-state index < -0.39 is 11.9 Å². The topological polar surface area (TPSA) is 100 Å². The van der Waals surface area contributed by atoms with Gasteiger partial charge in [0.25, 0.3) is 5.91 Å². The molecular weight excluding hydrogens is 400 g/mol. The van der Waals surface area contributed by atoms with Crippen LogP contribution in [0.25, 0.3) is 11.3 Å². The van der Waals surface area contributed by atoms with Crippen LogP contribution in [0.5, 0.6) is 0 Å². The molecule has 3 aromatic rings. The Morgan fingerprint density at radius 3 is 2.67 bits per heavy atom. The minimum absolute atomic E-state index is 0.126. The van der Waals surface area contributed by atoms with E-state index in [-0.39, 0.29) is 18.2 Å². The van der Waals surface area contributed by atoms with Gasteiger partial charge in [0.2, 0.25) is 11.8 Å². The predicted octanol–water partition coefficient (Wildman–Crippen LogP) is 2.61. The second-order valence-corrected chi connectivity index (χ2v) is 7.80. The summed E-state index contributed by atoms with van der Waals surface area (Å²) in [5.41, 5.74) is 2.80. The summed E-state index contributed by atoms with van der Waals surface area (Å²) < 4.78 is 0. The molecule has 0 aliphatic carbocycles. The van der Waals surface area contributed by atoms with Crippen molar-refractivity contribution in [1.29, 1.82) is 0 Å². The number of para-hydroxylation sites is 1. The van der Waals surface area contributed by atoms with Crippen LogP contribution in [-0.4, -0.2) is 35.3 Å². The van der Waals surface area contributed by atoms with E-state index in [0.29, 0.717) is 24.2 Å². The van der Waals surface area contributed by atoms with Gasteiger partial charge < -0.3 is 16.0 Å². The molecule has 2 aromatic carbocycles. The number of hydrogen-bond acceptors (Lipinski definition) is 5. The van der Waals surface area contributed by atoms with Crippen LogP contribution < -0.4 is 16.0 Å². The van der Waals surface area contributed by atoms with Crippen LogP contribution >= 0.6 is 11.3 Å². The number of nitrogens with zero attached hydrogens (tertiary/aromatic N) is 1. The molecule has 8 heteroatoms. The Balaban J connectivity index is 1.29. The summed E-state index contributed by atoms with van der Waals surface area (Å²) in [6.45, 7) is 0.406. The molecule has 0 fully saturated rings. The van der Waals surface area contributed by atoms with E-state index in [9.17, 15) is 14.4 Å². The number of anilines is 1. The maximum atomic E-state index is 12.4. The zero-order valence-electron chi connectivity index (χ0n) is 16.1. The number of hydrogen-bond donors (Lipinski definition) is 3. The van der Waals surface area contributed by atoms with Gasteiger partial charge in [0.1, 0.15) is 6.04 Å². The van der Waals surface area contributed by atoms with E-state index in [1.165, 1.54) is 0 Å². The van der Waals surface area contributed by atoms with Crippen molar-refractivity contribution < 1.29 is 14.4 Å². The maximum absolute atomic E-state index is 12.4. The molecule has 1 aliphatic heterocycles. The summed E-state index contributed by atoms with van der Waals surface area (Å²) in [6, 6.07) is 15.7. The lowest BCUT2D eigenvalue weighted by atomic mass is 10.1. The Kier molecular flexibility index (Phi) is 5.85. The van der Waals surface area contributed by atoms with Gasteiger partial charge in [-0.15, -0.1) is 11.3 Å². The fraction of sp³-hybridized carbons (Fsp3) is 0.182. The van der Waals surface area contributed by atoms with Crippen LogP contribution in [0, 0.1) is 0 Å². The molecule has 3 N–H and O–H groups in total. The largest absolute Gasteiger partial charge is 0.356 e. The number of carbonyl (C=O) groups is 3. The third-order valence-corrected chi connectivity index (χ3v) is 5.63. The van der Waals surface area contributed by atoms with Crippen LogP contribution in [0.2, 0.25) is 0 Å². The Hall–Kier alpha value is -3.52. The maximum Gasteiger partial charge on any atom is 0.254 e. The van der Waals surface area contributed by atoms with E-state index >= 15 is 0 Å². The minimum atomic E-state index is -0.922. The Morgan fingerprint density at radius 2 is 1.83 bits per heavy atom. The molecular formula is C22H20N4O3S. The molecule has 1 aromatic heterocycles. The molecule has 0 saturated carbocycles.